The topological polar surface area (TPSA) is 38.8 Å². The van der Waals surface area contributed by atoms with Gasteiger partial charge in [-0.25, -0.2) is 0 Å². The summed E-state index contributed by atoms with van der Waals surface area (Å²) in [5.41, 5.74) is 3.72. The Kier molecular flexibility index (Phi) is 4.15. The molecule has 2 heterocycles. The molecule has 1 aromatic rings. The van der Waals surface area contributed by atoms with Gasteiger partial charge in [-0.3, -0.25) is 4.79 Å². The number of hydrogen-bond donors (Lipinski definition) is 0. The van der Waals surface area contributed by atoms with Crippen molar-refractivity contribution in [3.8, 4) is 11.5 Å². The van der Waals surface area contributed by atoms with Crippen LogP contribution in [0.3, 0.4) is 0 Å². The van der Waals surface area contributed by atoms with Crippen LogP contribution in [-0.4, -0.2) is 30.1 Å². The minimum Gasteiger partial charge on any atom is -0.493 e. The van der Waals surface area contributed by atoms with Gasteiger partial charge in [0.1, 0.15) is 11.5 Å². The highest BCUT2D eigenvalue weighted by Gasteiger charge is 2.37. The molecular weight excluding hydrogens is 302 g/mol. The van der Waals surface area contributed by atoms with Crippen LogP contribution < -0.4 is 9.47 Å². The summed E-state index contributed by atoms with van der Waals surface area (Å²) in [6, 6.07) is 2.58. The molecule has 0 aromatic heterocycles. The van der Waals surface area contributed by atoms with Crippen molar-refractivity contribution in [3.63, 3.8) is 0 Å². The van der Waals surface area contributed by atoms with Crippen LogP contribution in [0.25, 0.3) is 0 Å². The monoisotopic (exact) mass is 329 g/mol. The van der Waals surface area contributed by atoms with Crippen LogP contribution in [0.5, 0.6) is 11.5 Å². The Morgan fingerprint density at radius 2 is 1.96 bits per heavy atom. The summed E-state index contributed by atoms with van der Waals surface area (Å²) in [5.74, 6) is 2.51. The number of rotatable bonds is 6. The van der Waals surface area contributed by atoms with E-state index in [1.165, 1.54) is 16.7 Å². The number of hydrogen-bond acceptors (Lipinski definition) is 3. The largest absolute Gasteiger partial charge is 0.493 e. The standard InChI is InChI=1S/C20H27NO3/c1-3-13(4-2)20(22)21(15-5-6-15)12-17-16-8-10-23-18(16)11-14-7-9-24-19(14)17/h11,13,15H,3-10,12H2,1-2H3. The molecule has 0 N–H and O–H groups in total. The van der Waals surface area contributed by atoms with E-state index in [9.17, 15) is 4.79 Å². The third-order valence-electron chi connectivity index (χ3n) is 5.69. The molecule has 1 fully saturated rings. The van der Waals surface area contributed by atoms with Gasteiger partial charge in [0.15, 0.2) is 0 Å². The lowest BCUT2D eigenvalue weighted by Gasteiger charge is -2.28. The summed E-state index contributed by atoms with van der Waals surface area (Å²) >= 11 is 0. The average Bonchev–Trinajstić information content (AvgIpc) is 3.12. The van der Waals surface area contributed by atoms with Crippen LogP contribution in [0, 0.1) is 5.92 Å². The summed E-state index contributed by atoms with van der Waals surface area (Å²) in [5, 5.41) is 0. The maximum Gasteiger partial charge on any atom is 0.226 e. The second-order valence-electron chi connectivity index (χ2n) is 7.23. The maximum absolute atomic E-state index is 13.0. The van der Waals surface area contributed by atoms with E-state index in [4.69, 9.17) is 9.47 Å². The molecule has 1 aromatic carbocycles. The molecule has 1 aliphatic carbocycles. The molecule has 0 spiro atoms. The van der Waals surface area contributed by atoms with Crippen molar-refractivity contribution in [1.82, 2.24) is 4.90 Å². The van der Waals surface area contributed by atoms with Crippen molar-refractivity contribution in [1.29, 1.82) is 0 Å². The van der Waals surface area contributed by atoms with E-state index in [0.29, 0.717) is 18.5 Å². The molecule has 24 heavy (non-hydrogen) atoms. The van der Waals surface area contributed by atoms with Crippen molar-refractivity contribution in [2.45, 2.75) is 65.0 Å². The quantitative estimate of drug-likeness (QED) is 0.802. The van der Waals surface area contributed by atoms with Crippen LogP contribution >= 0.6 is 0 Å². The van der Waals surface area contributed by atoms with E-state index in [0.717, 1.165) is 63.2 Å². The molecule has 1 saturated carbocycles. The second-order valence-corrected chi connectivity index (χ2v) is 7.23. The molecule has 3 aliphatic rings. The number of amides is 1. The Morgan fingerprint density at radius 3 is 2.67 bits per heavy atom. The van der Waals surface area contributed by atoms with Gasteiger partial charge in [-0.2, -0.15) is 0 Å². The fraction of sp³-hybridized carbons (Fsp3) is 0.650. The number of fused-ring (bicyclic) bond motifs is 2. The number of nitrogens with zero attached hydrogens (tertiary/aromatic N) is 1. The molecule has 0 radical (unpaired) electrons. The molecule has 4 rings (SSSR count). The molecule has 0 unspecified atom stereocenters. The van der Waals surface area contributed by atoms with Crippen LogP contribution in [0.4, 0.5) is 0 Å². The first-order valence-corrected chi connectivity index (χ1v) is 9.46. The summed E-state index contributed by atoms with van der Waals surface area (Å²) in [6.45, 7) is 6.41. The first kappa shape index (κ1) is 15.8. The Hall–Kier alpha value is -1.71. The Bertz CT molecular complexity index is 615. The highest BCUT2D eigenvalue weighted by atomic mass is 16.5. The second kappa shape index (κ2) is 6.30. The molecular formula is C20H27NO3. The first-order valence-electron chi connectivity index (χ1n) is 9.46. The highest BCUT2D eigenvalue weighted by molar-refractivity contribution is 5.79. The van der Waals surface area contributed by atoms with E-state index in [1.54, 1.807) is 0 Å². The minimum absolute atomic E-state index is 0.146. The third kappa shape index (κ3) is 2.66. The van der Waals surface area contributed by atoms with Gasteiger partial charge in [-0.1, -0.05) is 13.8 Å². The zero-order valence-electron chi connectivity index (χ0n) is 14.8. The lowest BCUT2D eigenvalue weighted by Crippen LogP contribution is -2.37. The predicted molar refractivity (Wildman–Crippen MR) is 92.5 cm³/mol. The number of benzene rings is 1. The molecule has 0 atom stereocenters. The van der Waals surface area contributed by atoms with E-state index in [2.05, 4.69) is 24.8 Å². The SMILES string of the molecule is CCC(CC)C(=O)N(Cc1c2c(cc3c1OCC3)OCC2)C1CC1. The summed E-state index contributed by atoms with van der Waals surface area (Å²) in [7, 11) is 0. The van der Waals surface area contributed by atoms with E-state index in [-0.39, 0.29) is 5.92 Å². The maximum atomic E-state index is 13.0. The van der Waals surface area contributed by atoms with E-state index in [1.807, 2.05) is 0 Å². The molecule has 4 heteroatoms. The number of carbonyl (C=O) groups excluding carboxylic acids is 1. The number of carbonyl (C=O) groups is 1. The van der Waals surface area contributed by atoms with Gasteiger partial charge < -0.3 is 14.4 Å². The van der Waals surface area contributed by atoms with Crippen LogP contribution in [0.1, 0.15) is 56.2 Å². The Morgan fingerprint density at radius 1 is 1.21 bits per heavy atom. The lowest BCUT2D eigenvalue weighted by molar-refractivity contribution is -0.137. The molecule has 0 bridgehead atoms. The zero-order chi connectivity index (χ0) is 16.7. The van der Waals surface area contributed by atoms with Gasteiger partial charge >= 0.3 is 0 Å². The number of ether oxygens (including phenoxy) is 2. The fourth-order valence-corrected chi connectivity index (χ4v) is 4.07. The van der Waals surface area contributed by atoms with Crippen LogP contribution in [0.15, 0.2) is 6.07 Å². The van der Waals surface area contributed by atoms with Crippen molar-refractivity contribution in [3.05, 3.63) is 22.8 Å². The summed E-state index contributed by atoms with van der Waals surface area (Å²) < 4.78 is 11.8. The van der Waals surface area contributed by atoms with E-state index >= 15 is 0 Å². The smallest absolute Gasteiger partial charge is 0.226 e. The summed E-state index contributed by atoms with van der Waals surface area (Å²) in [4.78, 5) is 15.2. The normalized spacial score (nSPS) is 18.1. The Labute approximate surface area is 144 Å². The molecule has 4 nitrogen and oxygen atoms in total. The fourth-order valence-electron chi connectivity index (χ4n) is 4.07. The zero-order valence-corrected chi connectivity index (χ0v) is 14.8. The minimum atomic E-state index is 0.146. The first-order chi connectivity index (χ1) is 11.7. The van der Waals surface area contributed by atoms with Crippen LogP contribution in [-0.2, 0) is 24.2 Å². The van der Waals surface area contributed by atoms with Gasteiger partial charge in [0.05, 0.1) is 19.8 Å². The van der Waals surface area contributed by atoms with Crippen molar-refractivity contribution in [2.75, 3.05) is 13.2 Å². The average molecular weight is 329 g/mol. The summed E-state index contributed by atoms with van der Waals surface area (Å²) in [6.07, 6.45) is 6.00. The highest BCUT2D eigenvalue weighted by Crippen LogP contribution is 2.42. The molecule has 2 aliphatic heterocycles. The van der Waals surface area contributed by atoms with Gasteiger partial charge in [0.25, 0.3) is 0 Å². The van der Waals surface area contributed by atoms with Crippen LogP contribution in [0.2, 0.25) is 0 Å². The predicted octanol–water partition coefficient (Wildman–Crippen LogP) is 3.48. The van der Waals surface area contributed by atoms with E-state index < -0.39 is 0 Å². The van der Waals surface area contributed by atoms with Gasteiger partial charge in [0.2, 0.25) is 5.91 Å². The van der Waals surface area contributed by atoms with Gasteiger partial charge in [-0.05, 0) is 31.7 Å². The molecule has 1 amide bonds. The third-order valence-corrected chi connectivity index (χ3v) is 5.69. The van der Waals surface area contributed by atoms with Crippen molar-refractivity contribution < 1.29 is 14.3 Å². The van der Waals surface area contributed by atoms with Crippen molar-refractivity contribution >= 4 is 5.91 Å². The molecule has 130 valence electrons. The van der Waals surface area contributed by atoms with Gasteiger partial charge in [0, 0.05) is 41.5 Å². The Balaban J connectivity index is 1.67. The van der Waals surface area contributed by atoms with Gasteiger partial charge in [-0.15, -0.1) is 0 Å². The van der Waals surface area contributed by atoms with Crippen molar-refractivity contribution in [2.24, 2.45) is 5.92 Å². The molecule has 0 saturated heterocycles. The lowest BCUT2D eigenvalue weighted by atomic mass is 9.97.